The average Bonchev–Trinajstić information content (AvgIpc) is 2.21. The molecule has 1 aromatic rings. The molecule has 1 aromatic carbocycles. The SMILES string of the molecule is NC1=NN=C(c2ccc(Cl)cc2)C[Se]1. The van der Waals surface area contributed by atoms with E-state index in [4.69, 9.17) is 17.3 Å². The summed E-state index contributed by atoms with van der Waals surface area (Å²) in [6, 6.07) is 7.62. The van der Waals surface area contributed by atoms with Crippen LogP contribution < -0.4 is 5.73 Å². The standard InChI is InChI=1S/C9H8ClN3Se/c10-7-3-1-6(2-4-7)8-5-14-9(11)13-12-8/h1-4H,5H2,(H2,11,13). The van der Waals surface area contributed by atoms with E-state index in [1.54, 1.807) is 0 Å². The molecule has 0 aromatic heterocycles. The monoisotopic (exact) mass is 273 g/mol. The van der Waals surface area contributed by atoms with Crippen molar-refractivity contribution in [2.45, 2.75) is 5.32 Å². The van der Waals surface area contributed by atoms with Gasteiger partial charge >= 0.3 is 93.1 Å². The number of nitrogens with two attached hydrogens (primary N) is 1. The third-order valence-electron chi connectivity index (χ3n) is 1.80. The van der Waals surface area contributed by atoms with Gasteiger partial charge in [-0.05, 0) is 0 Å². The molecular weight excluding hydrogens is 265 g/mol. The van der Waals surface area contributed by atoms with Gasteiger partial charge in [0.2, 0.25) is 0 Å². The summed E-state index contributed by atoms with van der Waals surface area (Å²) in [5, 5.41) is 9.59. The van der Waals surface area contributed by atoms with Crippen LogP contribution in [0.1, 0.15) is 5.56 Å². The molecule has 0 atom stereocenters. The fourth-order valence-corrected chi connectivity index (χ4v) is 2.49. The summed E-state index contributed by atoms with van der Waals surface area (Å²) in [6.45, 7) is 0. The first-order valence-corrected chi connectivity index (χ1v) is 6.49. The fraction of sp³-hybridized carbons (Fsp3) is 0.111. The zero-order valence-corrected chi connectivity index (χ0v) is 9.74. The third kappa shape index (κ3) is 2.15. The molecule has 14 heavy (non-hydrogen) atoms. The Morgan fingerprint density at radius 2 is 1.93 bits per heavy atom. The third-order valence-corrected chi connectivity index (χ3v) is 3.72. The molecule has 1 aliphatic heterocycles. The van der Waals surface area contributed by atoms with Gasteiger partial charge in [0.1, 0.15) is 0 Å². The summed E-state index contributed by atoms with van der Waals surface area (Å²) in [6.07, 6.45) is 0. The second-order valence-corrected chi connectivity index (χ2v) is 5.31. The molecule has 1 heterocycles. The molecule has 0 radical (unpaired) electrons. The van der Waals surface area contributed by atoms with Gasteiger partial charge in [0.05, 0.1) is 0 Å². The topological polar surface area (TPSA) is 50.7 Å². The summed E-state index contributed by atoms with van der Waals surface area (Å²) >= 11 is 6.04. The number of halogens is 1. The molecule has 0 saturated carbocycles. The summed E-state index contributed by atoms with van der Waals surface area (Å²) in [7, 11) is 0. The summed E-state index contributed by atoms with van der Waals surface area (Å²) in [5.41, 5.74) is 7.62. The van der Waals surface area contributed by atoms with Gasteiger partial charge in [-0.2, -0.15) is 0 Å². The van der Waals surface area contributed by atoms with Crippen LogP contribution in [-0.4, -0.2) is 25.4 Å². The summed E-state index contributed by atoms with van der Waals surface area (Å²) < 4.78 is 0.662. The van der Waals surface area contributed by atoms with E-state index in [9.17, 15) is 0 Å². The Morgan fingerprint density at radius 3 is 2.50 bits per heavy atom. The van der Waals surface area contributed by atoms with E-state index < -0.39 is 0 Å². The molecule has 0 spiro atoms. The Morgan fingerprint density at radius 1 is 1.21 bits per heavy atom. The molecule has 72 valence electrons. The number of amidine groups is 1. The first-order valence-electron chi connectivity index (χ1n) is 4.04. The first kappa shape index (κ1) is 9.71. The number of rotatable bonds is 1. The van der Waals surface area contributed by atoms with E-state index in [2.05, 4.69) is 10.2 Å². The van der Waals surface area contributed by atoms with Crippen LogP contribution in [0.15, 0.2) is 34.5 Å². The van der Waals surface area contributed by atoms with Crippen LogP contribution in [0.2, 0.25) is 10.3 Å². The normalized spacial score (nSPS) is 16.1. The van der Waals surface area contributed by atoms with E-state index in [0.717, 1.165) is 21.6 Å². The van der Waals surface area contributed by atoms with Gasteiger partial charge < -0.3 is 0 Å². The molecule has 5 heteroatoms. The van der Waals surface area contributed by atoms with Gasteiger partial charge in [-0.3, -0.25) is 0 Å². The Kier molecular flexibility index (Phi) is 2.87. The second-order valence-electron chi connectivity index (χ2n) is 2.78. The Bertz CT molecular complexity index is 397. The van der Waals surface area contributed by atoms with Crippen LogP contribution in [0.5, 0.6) is 0 Å². The minimum absolute atomic E-state index is 0.247. The predicted octanol–water partition coefficient (Wildman–Crippen LogP) is 1.49. The van der Waals surface area contributed by atoms with Gasteiger partial charge in [0.25, 0.3) is 0 Å². The molecule has 2 rings (SSSR count). The van der Waals surface area contributed by atoms with Gasteiger partial charge in [0.15, 0.2) is 0 Å². The fourth-order valence-electron chi connectivity index (χ4n) is 1.09. The van der Waals surface area contributed by atoms with E-state index >= 15 is 0 Å². The number of hydrogen-bond acceptors (Lipinski definition) is 3. The number of benzene rings is 1. The van der Waals surface area contributed by atoms with Crippen molar-refractivity contribution in [2.24, 2.45) is 15.9 Å². The van der Waals surface area contributed by atoms with Crippen molar-refractivity contribution < 1.29 is 0 Å². The molecule has 0 unspecified atom stereocenters. The van der Waals surface area contributed by atoms with Gasteiger partial charge in [-0.25, -0.2) is 0 Å². The molecule has 0 fully saturated rings. The van der Waals surface area contributed by atoms with E-state index in [1.807, 2.05) is 24.3 Å². The van der Waals surface area contributed by atoms with Crippen molar-refractivity contribution in [3.63, 3.8) is 0 Å². The molecule has 3 nitrogen and oxygen atoms in total. The average molecular weight is 273 g/mol. The van der Waals surface area contributed by atoms with Crippen LogP contribution in [-0.2, 0) is 0 Å². The van der Waals surface area contributed by atoms with Crippen LogP contribution >= 0.6 is 11.6 Å². The van der Waals surface area contributed by atoms with Crippen LogP contribution in [0.3, 0.4) is 0 Å². The van der Waals surface area contributed by atoms with Crippen molar-refractivity contribution in [2.75, 3.05) is 0 Å². The van der Waals surface area contributed by atoms with Crippen molar-refractivity contribution in [3.05, 3.63) is 34.9 Å². The van der Waals surface area contributed by atoms with Crippen molar-refractivity contribution in [1.82, 2.24) is 0 Å². The summed E-state index contributed by atoms with van der Waals surface area (Å²) in [5.74, 6) is 0. The molecule has 1 aliphatic rings. The molecule has 0 aliphatic carbocycles. The Labute approximate surface area is 93.2 Å². The predicted molar refractivity (Wildman–Crippen MR) is 60.2 cm³/mol. The van der Waals surface area contributed by atoms with Gasteiger partial charge in [-0.1, -0.05) is 0 Å². The maximum atomic E-state index is 5.79. The van der Waals surface area contributed by atoms with Crippen LogP contribution in [0.4, 0.5) is 0 Å². The van der Waals surface area contributed by atoms with Crippen molar-refractivity contribution >= 4 is 37.0 Å². The maximum absolute atomic E-state index is 5.79. The molecular formula is C9H8ClN3Se. The van der Waals surface area contributed by atoms with Gasteiger partial charge in [0, 0.05) is 0 Å². The van der Waals surface area contributed by atoms with E-state index in [-0.39, 0.29) is 15.0 Å². The minimum atomic E-state index is 0.247. The second kappa shape index (κ2) is 4.13. The summed E-state index contributed by atoms with van der Waals surface area (Å²) in [4.78, 5) is 0. The molecule has 0 bridgehead atoms. The van der Waals surface area contributed by atoms with E-state index in [1.165, 1.54) is 0 Å². The van der Waals surface area contributed by atoms with Gasteiger partial charge in [-0.15, -0.1) is 0 Å². The van der Waals surface area contributed by atoms with E-state index in [0.29, 0.717) is 4.73 Å². The zero-order chi connectivity index (χ0) is 9.97. The molecule has 2 N–H and O–H groups in total. The van der Waals surface area contributed by atoms with Crippen molar-refractivity contribution in [3.8, 4) is 0 Å². The zero-order valence-electron chi connectivity index (χ0n) is 7.27. The Balaban J connectivity index is 2.28. The number of nitrogens with zero attached hydrogens (tertiary/aromatic N) is 2. The molecule has 0 saturated heterocycles. The Hall–Kier alpha value is -0.831. The number of hydrogen-bond donors (Lipinski definition) is 1. The quantitative estimate of drug-likeness (QED) is 0.774. The molecule has 0 amide bonds. The van der Waals surface area contributed by atoms with Crippen LogP contribution in [0.25, 0.3) is 0 Å². The van der Waals surface area contributed by atoms with Crippen molar-refractivity contribution in [1.29, 1.82) is 0 Å². The first-order chi connectivity index (χ1) is 6.75. The van der Waals surface area contributed by atoms with Crippen LogP contribution in [0, 0.1) is 0 Å².